The van der Waals surface area contributed by atoms with Gasteiger partial charge in [0.1, 0.15) is 11.9 Å². The Kier molecular flexibility index (Phi) is 4.25. The van der Waals surface area contributed by atoms with Crippen molar-refractivity contribution in [3.8, 4) is 12.1 Å². The lowest BCUT2D eigenvalue weighted by Gasteiger charge is -2.13. The Morgan fingerprint density at radius 1 is 1.05 bits per heavy atom. The Morgan fingerprint density at radius 3 is 2.40 bits per heavy atom. The number of hydrogen-bond donors (Lipinski definition) is 0. The smallest absolute Gasteiger partial charge is 0.141 e. The van der Waals surface area contributed by atoms with Crippen LogP contribution in [0.5, 0.6) is 0 Å². The highest BCUT2D eigenvalue weighted by molar-refractivity contribution is 6.35. The van der Waals surface area contributed by atoms with Crippen LogP contribution in [-0.2, 0) is 0 Å². The van der Waals surface area contributed by atoms with Crippen molar-refractivity contribution in [2.24, 2.45) is 0 Å². The second-order valence-electron chi connectivity index (χ2n) is 4.04. The molecule has 98 valence electrons. The minimum Gasteiger partial charge on any atom is -0.206 e. The van der Waals surface area contributed by atoms with Crippen molar-refractivity contribution in [1.82, 2.24) is 0 Å². The predicted molar refractivity (Wildman–Crippen MR) is 75.0 cm³/mol. The lowest BCUT2D eigenvalue weighted by Crippen LogP contribution is -2.03. The second-order valence-corrected chi connectivity index (χ2v) is 4.89. The Hall–Kier alpha value is -2.07. The topological polar surface area (TPSA) is 47.6 Å². The van der Waals surface area contributed by atoms with Crippen LogP contribution in [0.15, 0.2) is 36.4 Å². The molecule has 0 aliphatic rings. The van der Waals surface area contributed by atoms with Crippen LogP contribution in [-0.4, -0.2) is 0 Å². The lowest BCUT2D eigenvalue weighted by molar-refractivity contribution is 0.621. The maximum absolute atomic E-state index is 13.6. The minimum atomic E-state index is -0.829. The average Bonchev–Trinajstić information content (AvgIpc) is 2.42. The summed E-state index contributed by atoms with van der Waals surface area (Å²) in [6.45, 7) is 0. The largest absolute Gasteiger partial charge is 0.206 e. The Labute approximate surface area is 125 Å². The first-order valence-electron chi connectivity index (χ1n) is 5.61. The molecule has 1 unspecified atom stereocenters. The maximum atomic E-state index is 13.6. The normalized spacial score (nSPS) is 11.4. The summed E-state index contributed by atoms with van der Waals surface area (Å²) in [5.41, 5.74) is 0.630. The van der Waals surface area contributed by atoms with Crippen LogP contribution in [0.4, 0.5) is 4.39 Å². The fourth-order valence-corrected chi connectivity index (χ4v) is 2.46. The summed E-state index contributed by atoms with van der Waals surface area (Å²) in [5.74, 6) is -1.49. The molecular formula is C15H7Cl2FN2. The molecular weight excluding hydrogens is 298 g/mol. The first kappa shape index (κ1) is 14.3. The van der Waals surface area contributed by atoms with Gasteiger partial charge in [0.25, 0.3) is 0 Å². The molecule has 0 saturated carbocycles. The van der Waals surface area contributed by atoms with Crippen LogP contribution in [0.3, 0.4) is 0 Å². The van der Waals surface area contributed by atoms with Crippen molar-refractivity contribution in [1.29, 1.82) is 10.5 Å². The van der Waals surface area contributed by atoms with Gasteiger partial charge in [-0.3, -0.25) is 0 Å². The van der Waals surface area contributed by atoms with Gasteiger partial charge in [0.05, 0.1) is 17.6 Å². The fraction of sp³-hybridized carbons (Fsp3) is 0.0667. The van der Waals surface area contributed by atoms with E-state index in [4.69, 9.17) is 28.5 Å². The molecule has 0 N–H and O–H groups in total. The number of nitriles is 2. The average molecular weight is 305 g/mol. The van der Waals surface area contributed by atoms with Crippen LogP contribution in [0.25, 0.3) is 0 Å². The molecule has 2 nitrogen and oxygen atoms in total. The van der Waals surface area contributed by atoms with Gasteiger partial charge in [-0.05, 0) is 29.3 Å². The van der Waals surface area contributed by atoms with Gasteiger partial charge in [-0.2, -0.15) is 10.5 Å². The monoisotopic (exact) mass is 304 g/mol. The Morgan fingerprint density at radius 2 is 1.80 bits per heavy atom. The molecule has 0 aliphatic carbocycles. The molecule has 5 heteroatoms. The number of hydrogen-bond acceptors (Lipinski definition) is 2. The summed E-state index contributed by atoms with van der Waals surface area (Å²) >= 11 is 11.9. The summed E-state index contributed by atoms with van der Waals surface area (Å²) in [5, 5.41) is 19.2. The highest BCUT2D eigenvalue weighted by Crippen LogP contribution is 2.33. The third kappa shape index (κ3) is 2.60. The van der Waals surface area contributed by atoms with Gasteiger partial charge in [-0.1, -0.05) is 41.4 Å². The molecule has 2 rings (SSSR count). The predicted octanol–water partition coefficient (Wildman–Crippen LogP) is 4.66. The van der Waals surface area contributed by atoms with Crippen molar-refractivity contribution >= 4 is 23.2 Å². The molecule has 0 heterocycles. The zero-order valence-corrected chi connectivity index (χ0v) is 11.6. The third-order valence-corrected chi connectivity index (χ3v) is 3.43. The summed E-state index contributed by atoms with van der Waals surface area (Å²) < 4.78 is 13.6. The first-order chi connectivity index (χ1) is 9.58. The summed E-state index contributed by atoms with van der Waals surface area (Å²) in [6, 6.07) is 12.7. The van der Waals surface area contributed by atoms with E-state index in [-0.39, 0.29) is 5.56 Å². The van der Waals surface area contributed by atoms with Gasteiger partial charge in [-0.15, -0.1) is 0 Å². The number of nitrogens with zero attached hydrogens (tertiary/aromatic N) is 2. The van der Waals surface area contributed by atoms with Crippen molar-refractivity contribution in [3.05, 3.63) is 69.0 Å². The van der Waals surface area contributed by atoms with Gasteiger partial charge < -0.3 is 0 Å². The maximum Gasteiger partial charge on any atom is 0.141 e. The standard InChI is InChI=1S/C15H7Cl2FN2/c16-9-4-5-11(14(17)6-9)12(7-19)10-2-1-3-15(18)13(10)8-20/h1-6,12H. The molecule has 0 fully saturated rings. The SMILES string of the molecule is N#Cc1c(F)cccc1C(C#N)c1ccc(Cl)cc1Cl. The van der Waals surface area contributed by atoms with Gasteiger partial charge in [0.2, 0.25) is 0 Å². The van der Waals surface area contributed by atoms with E-state index >= 15 is 0 Å². The number of rotatable bonds is 2. The third-order valence-electron chi connectivity index (χ3n) is 2.87. The van der Waals surface area contributed by atoms with E-state index in [1.807, 2.05) is 0 Å². The molecule has 2 aromatic carbocycles. The molecule has 1 atom stereocenters. The van der Waals surface area contributed by atoms with Crippen LogP contribution in [0.2, 0.25) is 10.0 Å². The van der Waals surface area contributed by atoms with E-state index in [1.165, 1.54) is 18.2 Å². The van der Waals surface area contributed by atoms with Gasteiger partial charge in [0, 0.05) is 10.0 Å². The highest BCUT2D eigenvalue weighted by atomic mass is 35.5. The molecule has 0 bridgehead atoms. The molecule has 0 saturated heterocycles. The molecule has 2 aromatic rings. The van der Waals surface area contributed by atoms with E-state index in [0.717, 1.165) is 0 Å². The van der Waals surface area contributed by atoms with E-state index in [1.54, 1.807) is 24.3 Å². The molecule has 0 radical (unpaired) electrons. The zero-order chi connectivity index (χ0) is 14.7. The van der Waals surface area contributed by atoms with Crippen molar-refractivity contribution in [3.63, 3.8) is 0 Å². The van der Waals surface area contributed by atoms with Gasteiger partial charge >= 0.3 is 0 Å². The second kappa shape index (κ2) is 5.92. The number of benzene rings is 2. The van der Waals surface area contributed by atoms with Gasteiger partial charge in [0.15, 0.2) is 0 Å². The summed E-state index contributed by atoms with van der Waals surface area (Å²) in [4.78, 5) is 0. The van der Waals surface area contributed by atoms with E-state index in [2.05, 4.69) is 6.07 Å². The fourth-order valence-electron chi connectivity index (χ4n) is 1.94. The van der Waals surface area contributed by atoms with Crippen LogP contribution >= 0.6 is 23.2 Å². The van der Waals surface area contributed by atoms with Crippen LogP contribution in [0, 0.1) is 28.5 Å². The summed E-state index contributed by atoms with van der Waals surface area (Å²) in [6.07, 6.45) is 0. The van der Waals surface area contributed by atoms with Crippen molar-refractivity contribution in [2.45, 2.75) is 5.92 Å². The highest BCUT2D eigenvalue weighted by Gasteiger charge is 2.21. The van der Waals surface area contributed by atoms with E-state index in [9.17, 15) is 9.65 Å². The molecule has 0 aliphatic heterocycles. The lowest BCUT2D eigenvalue weighted by atomic mass is 9.89. The van der Waals surface area contributed by atoms with Gasteiger partial charge in [-0.25, -0.2) is 4.39 Å². The quantitative estimate of drug-likeness (QED) is 0.810. The zero-order valence-electron chi connectivity index (χ0n) is 10.1. The molecule has 0 spiro atoms. The molecule has 20 heavy (non-hydrogen) atoms. The van der Waals surface area contributed by atoms with Crippen molar-refractivity contribution in [2.75, 3.05) is 0 Å². The van der Waals surface area contributed by atoms with Crippen molar-refractivity contribution < 1.29 is 4.39 Å². The van der Waals surface area contributed by atoms with Crippen LogP contribution in [0.1, 0.15) is 22.6 Å². The van der Waals surface area contributed by atoms with E-state index in [0.29, 0.717) is 21.2 Å². The van der Waals surface area contributed by atoms with Crippen LogP contribution < -0.4 is 0 Å². The first-order valence-corrected chi connectivity index (χ1v) is 6.37. The van der Waals surface area contributed by atoms with E-state index < -0.39 is 11.7 Å². The Balaban J connectivity index is 2.63. The molecule has 0 aromatic heterocycles. The number of halogens is 3. The molecule has 0 amide bonds. The Bertz CT molecular complexity index is 745. The summed E-state index contributed by atoms with van der Waals surface area (Å²) in [7, 11) is 0. The minimum absolute atomic E-state index is 0.148.